The third kappa shape index (κ3) is 2.93. The molecule has 1 amide bonds. The highest BCUT2D eigenvalue weighted by atomic mass is 16.2. The second-order valence-corrected chi connectivity index (χ2v) is 5.35. The second kappa shape index (κ2) is 6.22. The quantitative estimate of drug-likeness (QED) is 0.911. The van der Waals surface area contributed by atoms with E-state index in [-0.39, 0.29) is 5.91 Å². The van der Waals surface area contributed by atoms with Gasteiger partial charge in [-0.1, -0.05) is 6.92 Å². The van der Waals surface area contributed by atoms with Gasteiger partial charge < -0.3 is 10.2 Å². The van der Waals surface area contributed by atoms with Gasteiger partial charge in [-0.3, -0.25) is 14.7 Å². The Morgan fingerprint density at radius 2 is 2.25 bits per heavy atom. The third-order valence-corrected chi connectivity index (χ3v) is 4.00. The number of hydrogen-bond acceptors (Lipinski definition) is 4. The molecule has 1 aromatic rings. The molecule has 1 N–H and O–H groups in total. The van der Waals surface area contributed by atoms with E-state index in [4.69, 9.17) is 0 Å². The number of likely N-dealkylation sites (N-methyl/N-ethyl adjacent to an activating group) is 1. The monoisotopic (exact) mass is 276 g/mol. The molecule has 0 spiro atoms. The number of aryl methyl sites for hydroxylation is 1. The summed E-state index contributed by atoms with van der Waals surface area (Å²) >= 11 is 0. The maximum absolute atomic E-state index is 12.7. The van der Waals surface area contributed by atoms with Crippen molar-refractivity contribution >= 4 is 11.6 Å². The van der Waals surface area contributed by atoms with Gasteiger partial charge in [0.1, 0.15) is 0 Å². The van der Waals surface area contributed by atoms with Gasteiger partial charge in [-0.2, -0.15) is 0 Å². The van der Waals surface area contributed by atoms with E-state index in [2.05, 4.69) is 29.0 Å². The lowest BCUT2D eigenvalue weighted by atomic mass is 10.1. The third-order valence-electron chi connectivity index (χ3n) is 4.00. The fourth-order valence-corrected chi connectivity index (χ4v) is 2.76. The number of carbonyl (C=O) groups is 1. The van der Waals surface area contributed by atoms with Crippen LogP contribution in [0.1, 0.15) is 29.9 Å². The predicted molar refractivity (Wildman–Crippen MR) is 81.1 cm³/mol. The molecule has 1 aliphatic rings. The van der Waals surface area contributed by atoms with Crippen LogP contribution in [0.5, 0.6) is 0 Å². The zero-order chi connectivity index (χ0) is 14.7. The van der Waals surface area contributed by atoms with Crippen molar-refractivity contribution in [2.75, 3.05) is 38.5 Å². The normalized spacial score (nSPS) is 20.0. The van der Waals surface area contributed by atoms with Crippen molar-refractivity contribution in [2.45, 2.75) is 26.8 Å². The van der Waals surface area contributed by atoms with E-state index in [1.54, 1.807) is 6.20 Å². The van der Waals surface area contributed by atoms with E-state index < -0.39 is 0 Å². The maximum Gasteiger partial charge on any atom is 0.257 e. The highest BCUT2D eigenvalue weighted by molar-refractivity contribution is 5.99. The summed E-state index contributed by atoms with van der Waals surface area (Å²) in [7, 11) is 1.84. The first-order valence-corrected chi connectivity index (χ1v) is 7.24. The molecule has 2 heterocycles. The molecule has 110 valence electrons. The summed E-state index contributed by atoms with van der Waals surface area (Å²) in [6, 6.07) is 2.33. The van der Waals surface area contributed by atoms with Crippen LogP contribution < -0.4 is 5.32 Å². The van der Waals surface area contributed by atoms with Gasteiger partial charge in [-0.15, -0.1) is 0 Å². The number of nitrogens with one attached hydrogen (secondary N) is 1. The van der Waals surface area contributed by atoms with Gasteiger partial charge in [-0.25, -0.2) is 0 Å². The number of piperazine rings is 1. The lowest BCUT2D eigenvalue weighted by Gasteiger charge is -2.39. The van der Waals surface area contributed by atoms with Crippen LogP contribution in [0.15, 0.2) is 12.3 Å². The van der Waals surface area contributed by atoms with Gasteiger partial charge in [0.25, 0.3) is 5.91 Å². The minimum Gasteiger partial charge on any atom is -0.387 e. The van der Waals surface area contributed by atoms with E-state index in [0.29, 0.717) is 11.6 Å². The van der Waals surface area contributed by atoms with Gasteiger partial charge in [0.2, 0.25) is 0 Å². The lowest BCUT2D eigenvalue weighted by molar-refractivity contribution is 0.0529. The average molecular weight is 276 g/mol. The smallest absolute Gasteiger partial charge is 0.257 e. The summed E-state index contributed by atoms with van der Waals surface area (Å²) in [5.74, 6) is 0.0736. The Hall–Kier alpha value is -1.62. The highest BCUT2D eigenvalue weighted by Crippen LogP contribution is 2.19. The molecule has 0 aromatic carbocycles. The summed E-state index contributed by atoms with van der Waals surface area (Å²) in [6.45, 7) is 9.82. The summed E-state index contributed by atoms with van der Waals surface area (Å²) in [5.41, 5.74) is 2.43. The fraction of sp³-hybridized carbons (Fsp3) is 0.600. The number of anilines is 1. The number of hydrogen-bond donors (Lipinski definition) is 1. The Morgan fingerprint density at radius 3 is 2.85 bits per heavy atom. The first kappa shape index (κ1) is 14.8. The molecule has 1 aromatic heterocycles. The minimum atomic E-state index is 0.0736. The van der Waals surface area contributed by atoms with Crippen molar-refractivity contribution < 1.29 is 4.79 Å². The molecular weight excluding hydrogens is 252 g/mol. The van der Waals surface area contributed by atoms with Gasteiger partial charge in [0.15, 0.2) is 0 Å². The Kier molecular flexibility index (Phi) is 4.60. The molecule has 0 aliphatic carbocycles. The molecule has 0 radical (unpaired) electrons. The summed E-state index contributed by atoms with van der Waals surface area (Å²) < 4.78 is 0. The first-order valence-electron chi connectivity index (χ1n) is 7.24. The topological polar surface area (TPSA) is 48.5 Å². The number of nitrogens with zero attached hydrogens (tertiary/aromatic N) is 3. The number of pyridine rings is 1. The van der Waals surface area contributed by atoms with Crippen LogP contribution >= 0.6 is 0 Å². The van der Waals surface area contributed by atoms with Crippen molar-refractivity contribution in [3.63, 3.8) is 0 Å². The fourth-order valence-electron chi connectivity index (χ4n) is 2.76. The maximum atomic E-state index is 12.7. The Balaban J connectivity index is 2.16. The average Bonchev–Trinajstić information content (AvgIpc) is 2.46. The summed E-state index contributed by atoms with van der Waals surface area (Å²) in [5, 5.41) is 3.09. The molecule has 1 unspecified atom stereocenters. The SMILES string of the molecule is CCN1CCN(C(=O)c2cnc(C)cc2NC)CC1C. The summed E-state index contributed by atoms with van der Waals surface area (Å²) in [6.07, 6.45) is 1.68. The predicted octanol–water partition coefficient (Wildman–Crippen LogP) is 1.60. The van der Waals surface area contributed by atoms with Crippen LogP contribution in [-0.2, 0) is 0 Å². The molecule has 20 heavy (non-hydrogen) atoms. The van der Waals surface area contributed by atoms with Crippen LogP contribution in [0, 0.1) is 6.92 Å². The first-order chi connectivity index (χ1) is 9.56. The minimum absolute atomic E-state index is 0.0736. The molecular formula is C15H24N4O. The Morgan fingerprint density at radius 1 is 1.50 bits per heavy atom. The van der Waals surface area contributed by atoms with Crippen LogP contribution in [0.2, 0.25) is 0 Å². The highest BCUT2D eigenvalue weighted by Gasteiger charge is 2.27. The standard InChI is InChI=1S/C15H24N4O/c1-5-18-6-7-19(10-12(18)3)15(20)13-9-17-11(2)8-14(13)16-4/h8-9,12H,5-7,10H2,1-4H3,(H,16,17). The molecule has 1 aliphatic heterocycles. The molecule has 5 nitrogen and oxygen atoms in total. The Bertz CT molecular complexity index is 489. The van der Waals surface area contributed by atoms with Crippen molar-refractivity contribution in [3.05, 3.63) is 23.5 Å². The van der Waals surface area contributed by atoms with Crippen molar-refractivity contribution in [1.82, 2.24) is 14.8 Å². The van der Waals surface area contributed by atoms with Crippen molar-refractivity contribution in [2.24, 2.45) is 0 Å². The number of rotatable bonds is 3. The van der Waals surface area contributed by atoms with Gasteiger partial charge >= 0.3 is 0 Å². The molecule has 0 saturated carbocycles. The van der Waals surface area contributed by atoms with E-state index in [1.165, 1.54) is 0 Å². The Labute approximate surface area is 121 Å². The van der Waals surface area contributed by atoms with Crippen molar-refractivity contribution in [1.29, 1.82) is 0 Å². The van der Waals surface area contributed by atoms with Crippen LogP contribution in [0.3, 0.4) is 0 Å². The van der Waals surface area contributed by atoms with Gasteiger partial charge in [0, 0.05) is 44.6 Å². The number of amides is 1. The molecule has 1 fully saturated rings. The largest absolute Gasteiger partial charge is 0.387 e. The molecule has 1 saturated heterocycles. The molecule has 0 bridgehead atoms. The van der Waals surface area contributed by atoms with Crippen LogP contribution in [0.25, 0.3) is 0 Å². The molecule has 2 rings (SSSR count). The number of aromatic nitrogens is 1. The summed E-state index contributed by atoms with van der Waals surface area (Å²) in [4.78, 5) is 21.2. The van der Waals surface area contributed by atoms with Gasteiger partial charge in [0.05, 0.1) is 11.3 Å². The van der Waals surface area contributed by atoms with Crippen LogP contribution in [0.4, 0.5) is 5.69 Å². The van der Waals surface area contributed by atoms with Gasteiger partial charge in [-0.05, 0) is 26.5 Å². The van der Waals surface area contributed by atoms with Crippen LogP contribution in [-0.4, -0.2) is 60.0 Å². The lowest BCUT2D eigenvalue weighted by Crippen LogP contribution is -2.53. The van der Waals surface area contributed by atoms with E-state index >= 15 is 0 Å². The van der Waals surface area contributed by atoms with Crippen molar-refractivity contribution in [3.8, 4) is 0 Å². The van der Waals surface area contributed by atoms with E-state index in [0.717, 1.165) is 37.6 Å². The van der Waals surface area contributed by atoms with E-state index in [1.807, 2.05) is 24.9 Å². The zero-order valence-corrected chi connectivity index (χ0v) is 12.8. The molecule has 5 heteroatoms. The second-order valence-electron chi connectivity index (χ2n) is 5.35. The molecule has 1 atom stereocenters. The van der Waals surface area contributed by atoms with E-state index in [9.17, 15) is 4.79 Å². The number of carbonyl (C=O) groups excluding carboxylic acids is 1. The zero-order valence-electron chi connectivity index (χ0n) is 12.8.